The lowest BCUT2D eigenvalue weighted by Gasteiger charge is -2.23. The lowest BCUT2D eigenvalue weighted by atomic mass is 9.81. The first-order valence-corrected chi connectivity index (χ1v) is 12.5. The highest BCUT2D eigenvalue weighted by Gasteiger charge is 2.20. The summed E-state index contributed by atoms with van der Waals surface area (Å²) < 4.78 is 0. The van der Waals surface area contributed by atoms with Gasteiger partial charge in [0, 0.05) is 0 Å². The summed E-state index contributed by atoms with van der Waals surface area (Å²) in [6.07, 6.45) is 0. The summed E-state index contributed by atoms with van der Waals surface area (Å²) in [5.74, 6) is 0. The lowest BCUT2D eigenvalue weighted by Crippen LogP contribution is -2.10. The van der Waals surface area contributed by atoms with Gasteiger partial charge in [0.1, 0.15) is 0 Å². The van der Waals surface area contributed by atoms with Crippen LogP contribution in [0.4, 0.5) is 0 Å². The van der Waals surface area contributed by atoms with Gasteiger partial charge in [0.25, 0.3) is 0 Å². The van der Waals surface area contributed by atoms with Crippen LogP contribution in [0.5, 0.6) is 0 Å². The molecule has 0 nitrogen and oxygen atoms in total. The molecule has 0 fully saturated rings. The van der Waals surface area contributed by atoms with Crippen LogP contribution in [-0.2, 0) is 5.41 Å². The molecule has 0 spiro atoms. The van der Waals surface area contributed by atoms with Gasteiger partial charge in [-0.3, -0.25) is 0 Å². The Labute approximate surface area is 206 Å². The van der Waals surface area contributed by atoms with Crippen LogP contribution in [-0.4, -0.2) is 0 Å². The fourth-order valence-corrected chi connectivity index (χ4v) is 6.04. The van der Waals surface area contributed by atoms with Crippen LogP contribution >= 0.6 is 0 Å². The molecule has 0 aromatic heterocycles. The monoisotopic (exact) mass is 448 g/mol. The van der Waals surface area contributed by atoms with E-state index < -0.39 is 0 Å². The number of fused-ring (bicyclic) bond motifs is 2. The predicted molar refractivity (Wildman–Crippen MR) is 154 cm³/mol. The molecule has 0 heterocycles. The first-order chi connectivity index (χ1) is 16.9. The molecular weight excluding hydrogens is 420 g/mol. The standard InChI is InChI=1S/C35H28/c1-21-17-31(33-28-11-7-5-9-22(28)18-23-10-6-8-12-29(23)33)30-16-14-25-20-26(35(2,3)4)19-24-13-15-27(21)34(30)32(24)25/h5-20H,1-4H3. The second-order valence-electron chi connectivity index (χ2n) is 11.1. The van der Waals surface area contributed by atoms with E-state index in [1.807, 2.05) is 0 Å². The molecule has 0 bridgehead atoms. The van der Waals surface area contributed by atoms with Gasteiger partial charge in [-0.2, -0.15) is 0 Å². The molecule has 0 atom stereocenters. The summed E-state index contributed by atoms with van der Waals surface area (Å²) >= 11 is 0. The average Bonchev–Trinajstić information content (AvgIpc) is 2.85. The zero-order valence-corrected chi connectivity index (χ0v) is 20.7. The van der Waals surface area contributed by atoms with E-state index in [1.54, 1.807) is 0 Å². The third-order valence-corrected chi connectivity index (χ3v) is 7.83. The van der Waals surface area contributed by atoms with Crippen molar-refractivity contribution >= 4 is 53.9 Å². The largest absolute Gasteiger partial charge is 0.0616 e. The maximum atomic E-state index is 2.41. The molecule has 0 aliphatic heterocycles. The second kappa shape index (κ2) is 7.06. The molecule has 0 N–H and O–H groups in total. The van der Waals surface area contributed by atoms with Crippen molar-refractivity contribution in [3.8, 4) is 11.1 Å². The van der Waals surface area contributed by atoms with Gasteiger partial charge in [-0.1, -0.05) is 112 Å². The van der Waals surface area contributed by atoms with Crippen molar-refractivity contribution in [2.24, 2.45) is 0 Å². The van der Waals surface area contributed by atoms with E-state index in [2.05, 4.69) is 125 Å². The van der Waals surface area contributed by atoms with Crippen molar-refractivity contribution in [1.29, 1.82) is 0 Å². The minimum atomic E-state index is 0.118. The first-order valence-electron chi connectivity index (χ1n) is 12.5. The van der Waals surface area contributed by atoms with Gasteiger partial charge in [-0.05, 0) is 94.5 Å². The van der Waals surface area contributed by atoms with Crippen LogP contribution in [0.15, 0.2) is 97.1 Å². The number of aryl methyl sites for hydroxylation is 1. The molecule has 168 valence electrons. The van der Waals surface area contributed by atoms with Crippen LogP contribution in [0.3, 0.4) is 0 Å². The molecule has 0 heteroatoms. The van der Waals surface area contributed by atoms with Crippen molar-refractivity contribution < 1.29 is 0 Å². The second-order valence-corrected chi connectivity index (χ2v) is 11.1. The van der Waals surface area contributed by atoms with Crippen molar-refractivity contribution in [3.63, 3.8) is 0 Å². The first kappa shape index (κ1) is 20.5. The molecule has 0 saturated carbocycles. The van der Waals surface area contributed by atoms with Crippen LogP contribution < -0.4 is 0 Å². The summed E-state index contributed by atoms with van der Waals surface area (Å²) in [4.78, 5) is 0. The molecule has 0 saturated heterocycles. The topological polar surface area (TPSA) is 0 Å². The molecule has 35 heavy (non-hydrogen) atoms. The minimum absolute atomic E-state index is 0.118. The SMILES string of the molecule is Cc1cc(-c2c3ccccc3cc3ccccc23)c2ccc3cc(C(C)(C)C)cc4ccc1c2c43. The van der Waals surface area contributed by atoms with Crippen molar-refractivity contribution in [2.75, 3.05) is 0 Å². The number of rotatable bonds is 1. The van der Waals surface area contributed by atoms with Gasteiger partial charge < -0.3 is 0 Å². The predicted octanol–water partition coefficient (Wildman–Crippen LogP) is 10.2. The van der Waals surface area contributed by atoms with Crippen LogP contribution in [0.25, 0.3) is 65.0 Å². The number of benzene rings is 7. The number of hydrogen-bond donors (Lipinski definition) is 0. The molecule has 0 radical (unpaired) electrons. The Kier molecular flexibility index (Phi) is 4.13. The quantitative estimate of drug-likeness (QED) is 0.173. The maximum Gasteiger partial charge on any atom is -0.00179 e. The number of hydrogen-bond acceptors (Lipinski definition) is 0. The zero-order chi connectivity index (χ0) is 23.9. The Balaban J connectivity index is 1.69. The Morgan fingerprint density at radius 2 is 1.06 bits per heavy atom. The molecule has 0 aliphatic rings. The van der Waals surface area contributed by atoms with E-state index in [9.17, 15) is 0 Å². The van der Waals surface area contributed by atoms with Gasteiger partial charge in [-0.15, -0.1) is 0 Å². The molecule has 7 rings (SSSR count). The Hall–Kier alpha value is -3.90. The third-order valence-electron chi connectivity index (χ3n) is 7.83. The van der Waals surface area contributed by atoms with Crippen molar-refractivity contribution in [3.05, 3.63) is 108 Å². The fourth-order valence-electron chi connectivity index (χ4n) is 6.04. The zero-order valence-electron chi connectivity index (χ0n) is 20.7. The van der Waals surface area contributed by atoms with Crippen LogP contribution in [0.2, 0.25) is 0 Å². The highest BCUT2D eigenvalue weighted by Crippen LogP contribution is 2.45. The van der Waals surface area contributed by atoms with Gasteiger partial charge >= 0.3 is 0 Å². The molecule has 0 amide bonds. The minimum Gasteiger partial charge on any atom is -0.0616 e. The van der Waals surface area contributed by atoms with Crippen molar-refractivity contribution in [2.45, 2.75) is 33.1 Å². The van der Waals surface area contributed by atoms with E-state index in [1.165, 1.54) is 76.1 Å². The summed E-state index contributed by atoms with van der Waals surface area (Å²) in [5.41, 5.74) is 5.51. The summed E-state index contributed by atoms with van der Waals surface area (Å²) in [7, 11) is 0. The van der Waals surface area contributed by atoms with Gasteiger partial charge in [0.2, 0.25) is 0 Å². The van der Waals surface area contributed by atoms with Crippen LogP contribution in [0, 0.1) is 6.92 Å². The summed E-state index contributed by atoms with van der Waals surface area (Å²) in [6.45, 7) is 9.17. The van der Waals surface area contributed by atoms with Crippen molar-refractivity contribution in [1.82, 2.24) is 0 Å². The Morgan fingerprint density at radius 3 is 1.66 bits per heavy atom. The van der Waals surface area contributed by atoms with Gasteiger partial charge in [0.15, 0.2) is 0 Å². The fraction of sp³-hybridized carbons (Fsp3) is 0.143. The Morgan fingerprint density at radius 1 is 0.486 bits per heavy atom. The van der Waals surface area contributed by atoms with Gasteiger partial charge in [-0.25, -0.2) is 0 Å². The molecule has 0 unspecified atom stereocenters. The normalized spacial score (nSPS) is 12.6. The smallest absolute Gasteiger partial charge is 0.00179 e. The highest BCUT2D eigenvalue weighted by molar-refractivity contribution is 6.28. The summed E-state index contributed by atoms with van der Waals surface area (Å²) in [5, 5.41) is 13.4. The van der Waals surface area contributed by atoms with E-state index in [4.69, 9.17) is 0 Å². The van der Waals surface area contributed by atoms with Crippen LogP contribution in [0.1, 0.15) is 31.9 Å². The highest BCUT2D eigenvalue weighted by atomic mass is 14.2. The van der Waals surface area contributed by atoms with Gasteiger partial charge in [0.05, 0.1) is 0 Å². The summed E-state index contributed by atoms with van der Waals surface area (Å²) in [6, 6.07) is 36.5. The molecule has 7 aromatic rings. The van der Waals surface area contributed by atoms with E-state index >= 15 is 0 Å². The average molecular weight is 449 g/mol. The Bertz CT molecular complexity index is 1860. The molecular formula is C35H28. The lowest BCUT2D eigenvalue weighted by molar-refractivity contribution is 0.591. The van der Waals surface area contributed by atoms with E-state index in [-0.39, 0.29) is 5.41 Å². The third kappa shape index (κ3) is 2.93. The maximum absolute atomic E-state index is 2.41. The van der Waals surface area contributed by atoms with E-state index in [0.29, 0.717) is 0 Å². The van der Waals surface area contributed by atoms with E-state index in [0.717, 1.165) is 0 Å². The molecule has 7 aromatic carbocycles. The molecule has 0 aliphatic carbocycles.